The predicted molar refractivity (Wildman–Crippen MR) is 134 cm³/mol. The number of nitrogens with zero attached hydrogens (tertiary/aromatic N) is 1. The Bertz CT molecular complexity index is 1340. The average molecular weight is 497 g/mol. The SMILES string of the molecule is CCn1c(C)cc(C(=O)COC(=O)/C=C/c2ccc(S(=O)(=O)Nc3ccc(OC)cc3)cc2)c1C. The van der Waals surface area contributed by atoms with Gasteiger partial charge in [-0.1, -0.05) is 12.1 Å². The zero-order valence-corrected chi connectivity index (χ0v) is 20.9. The molecule has 184 valence electrons. The van der Waals surface area contributed by atoms with Gasteiger partial charge in [-0.25, -0.2) is 13.2 Å². The van der Waals surface area contributed by atoms with Crippen LogP contribution in [0, 0.1) is 13.8 Å². The van der Waals surface area contributed by atoms with E-state index in [4.69, 9.17) is 9.47 Å². The van der Waals surface area contributed by atoms with Crippen molar-refractivity contribution in [2.45, 2.75) is 32.2 Å². The summed E-state index contributed by atoms with van der Waals surface area (Å²) in [7, 11) is -2.25. The lowest BCUT2D eigenvalue weighted by Crippen LogP contribution is -2.13. The highest BCUT2D eigenvalue weighted by atomic mass is 32.2. The van der Waals surface area contributed by atoms with Crippen LogP contribution in [0.15, 0.2) is 65.6 Å². The lowest BCUT2D eigenvalue weighted by Gasteiger charge is -2.09. The fraction of sp³-hybridized carbons (Fsp3) is 0.231. The molecule has 2 aromatic carbocycles. The second-order valence-electron chi connectivity index (χ2n) is 7.80. The first-order valence-corrected chi connectivity index (χ1v) is 12.4. The molecule has 0 radical (unpaired) electrons. The van der Waals surface area contributed by atoms with Gasteiger partial charge in [0.15, 0.2) is 6.61 Å². The van der Waals surface area contributed by atoms with E-state index < -0.39 is 16.0 Å². The molecule has 0 aliphatic heterocycles. The Labute approximate surface area is 205 Å². The van der Waals surface area contributed by atoms with E-state index in [0.29, 0.717) is 22.6 Å². The van der Waals surface area contributed by atoms with Crippen molar-refractivity contribution in [1.82, 2.24) is 4.57 Å². The molecule has 8 nitrogen and oxygen atoms in total. The molecule has 0 fully saturated rings. The van der Waals surface area contributed by atoms with Crippen LogP contribution in [0.4, 0.5) is 5.69 Å². The van der Waals surface area contributed by atoms with Crippen molar-refractivity contribution in [2.75, 3.05) is 18.4 Å². The number of hydrogen-bond donors (Lipinski definition) is 1. The van der Waals surface area contributed by atoms with Crippen LogP contribution in [0.5, 0.6) is 5.75 Å². The fourth-order valence-corrected chi connectivity index (χ4v) is 4.69. The van der Waals surface area contributed by atoms with Gasteiger partial charge < -0.3 is 14.0 Å². The van der Waals surface area contributed by atoms with Crippen molar-refractivity contribution in [2.24, 2.45) is 0 Å². The van der Waals surface area contributed by atoms with E-state index in [9.17, 15) is 18.0 Å². The molecule has 35 heavy (non-hydrogen) atoms. The molecule has 0 amide bonds. The summed E-state index contributed by atoms with van der Waals surface area (Å²) in [6.45, 7) is 6.19. The van der Waals surface area contributed by atoms with Crippen molar-refractivity contribution in [1.29, 1.82) is 0 Å². The molecule has 0 atom stereocenters. The minimum absolute atomic E-state index is 0.0725. The van der Waals surface area contributed by atoms with Gasteiger partial charge in [0.1, 0.15) is 5.75 Å². The largest absolute Gasteiger partial charge is 0.497 e. The summed E-state index contributed by atoms with van der Waals surface area (Å²) >= 11 is 0. The quantitative estimate of drug-likeness (QED) is 0.254. The van der Waals surface area contributed by atoms with Crippen molar-refractivity contribution >= 4 is 33.5 Å². The molecular formula is C26H28N2O6S. The van der Waals surface area contributed by atoms with Crippen LogP contribution in [0.1, 0.15) is 34.2 Å². The second-order valence-corrected chi connectivity index (χ2v) is 9.48. The first-order valence-electron chi connectivity index (χ1n) is 11.0. The van der Waals surface area contributed by atoms with Crippen molar-refractivity contribution in [3.8, 4) is 5.75 Å². The normalized spacial score (nSPS) is 11.4. The Kier molecular flexibility index (Phi) is 8.14. The summed E-state index contributed by atoms with van der Waals surface area (Å²) in [5, 5.41) is 0. The predicted octanol–water partition coefficient (Wildman–Crippen LogP) is 4.37. The maximum Gasteiger partial charge on any atom is 0.331 e. The summed E-state index contributed by atoms with van der Waals surface area (Å²) in [4.78, 5) is 24.6. The number of Topliss-reactive ketones (excluding diaryl/α,β-unsaturated/α-hetero) is 1. The van der Waals surface area contributed by atoms with E-state index in [2.05, 4.69) is 4.72 Å². The van der Waals surface area contributed by atoms with Crippen LogP contribution in [-0.4, -0.2) is 38.5 Å². The van der Waals surface area contributed by atoms with Gasteiger partial charge in [0, 0.05) is 35.3 Å². The molecule has 0 spiro atoms. The van der Waals surface area contributed by atoms with Crippen LogP contribution in [0.2, 0.25) is 0 Å². The minimum atomic E-state index is -3.78. The number of ketones is 1. The Morgan fingerprint density at radius 1 is 1.03 bits per heavy atom. The topological polar surface area (TPSA) is 104 Å². The fourth-order valence-electron chi connectivity index (χ4n) is 3.63. The lowest BCUT2D eigenvalue weighted by molar-refractivity contribution is -0.136. The summed E-state index contributed by atoms with van der Waals surface area (Å²) in [5.74, 6) is -0.313. The van der Waals surface area contributed by atoms with E-state index in [-0.39, 0.29) is 17.3 Å². The number of aromatic nitrogens is 1. The molecule has 9 heteroatoms. The van der Waals surface area contributed by atoms with Crippen LogP contribution >= 0.6 is 0 Å². The van der Waals surface area contributed by atoms with Gasteiger partial charge in [-0.05, 0) is 74.9 Å². The number of sulfonamides is 1. The van der Waals surface area contributed by atoms with Crippen LogP contribution in [0.3, 0.4) is 0 Å². The smallest absolute Gasteiger partial charge is 0.331 e. The Morgan fingerprint density at radius 2 is 1.69 bits per heavy atom. The van der Waals surface area contributed by atoms with Gasteiger partial charge >= 0.3 is 5.97 Å². The summed E-state index contributed by atoms with van der Waals surface area (Å²) < 4.78 is 39.9. The molecule has 1 heterocycles. The van der Waals surface area contributed by atoms with E-state index >= 15 is 0 Å². The number of carbonyl (C=O) groups excluding carboxylic acids is 2. The first-order chi connectivity index (χ1) is 16.6. The number of methoxy groups -OCH3 is 1. The molecule has 3 rings (SSSR count). The first kappa shape index (κ1) is 25.8. The van der Waals surface area contributed by atoms with Crippen LogP contribution in [0.25, 0.3) is 6.08 Å². The highest BCUT2D eigenvalue weighted by Gasteiger charge is 2.16. The standard InChI is InChI=1S/C26H28N2O6S/c1-5-28-18(2)16-24(19(28)3)25(29)17-34-26(30)15-8-20-6-13-23(14-7-20)35(31,32)27-21-9-11-22(33-4)12-10-21/h6-16,27H,5,17H2,1-4H3/b15-8+. The van der Waals surface area contributed by atoms with Crippen LogP contribution in [-0.2, 0) is 26.1 Å². The molecular weight excluding hydrogens is 468 g/mol. The van der Waals surface area contributed by atoms with Crippen molar-refractivity contribution < 1.29 is 27.5 Å². The lowest BCUT2D eigenvalue weighted by atomic mass is 10.1. The van der Waals surface area contributed by atoms with Gasteiger partial charge in [0.2, 0.25) is 5.78 Å². The average Bonchev–Trinajstić information content (AvgIpc) is 3.14. The zero-order valence-electron chi connectivity index (χ0n) is 20.1. The third-order valence-corrected chi connectivity index (χ3v) is 6.88. The van der Waals surface area contributed by atoms with Crippen LogP contribution < -0.4 is 9.46 Å². The van der Waals surface area contributed by atoms with E-state index in [1.165, 1.54) is 31.4 Å². The van der Waals surface area contributed by atoms with E-state index in [0.717, 1.165) is 17.9 Å². The van der Waals surface area contributed by atoms with Gasteiger partial charge in [0.05, 0.1) is 12.0 Å². The zero-order chi connectivity index (χ0) is 25.6. The number of nitrogens with one attached hydrogen (secondary N) is 1. The number of esters is 1. The molecule has 0 saturated carbocycles. The van der Waals surface area contributed by atoms with Gasteiger partial charge in [0.25, 0.3) is 10.0 Å². The highest BCUT2D eigenvalue weighted by molar-refractivity contribution is 7.92. The minimum Gasteiger partial charge on any atom is -0.497 e. The van der Waals surface area contributed by atoms with Crippen molar-refractivity contribution in [3.05, 3.63) is 83.2 Å². The molecule has 0 bridgehead atoms. The molecule has 0 aliphatic rings. The Balaban J connectivity index is 1.57. The molecule has 0 saturated heterocycles. The Hall–Kier alpha value is -3.85. The summed E-state index contributed by atoms with van der Waals surface area (Å²) in [5.41, 5.74) is 3.37. The maximum absolute atomic E-state index is 12.6. The third kappa shape index (κ3) is 6.39. The third-order valence-electron chi connectivity index (χ3n) is 5.48. The van der Waals surface area contributed by atoms with Gasteiger partial charge in [-0.15, -0.1) is 0 Å². The van der Waals surface area contributed by atoms with E-state index in [1.54, 1.807) is 42.5 Å². The highest BCUT2D eigenvalue weighted by Crippen LogP contribution is 2.20. The van der Waals surface area contributed by atoms with Gasteiger partial charge in [-0.3, -0.25) is 9.52 Å². The molecule has 3 aromatic rings. The second kappa shape index (κ2) is 11.1. The molecule has 0 aliphatic carbocycles. The number of benzene rings is 2. The summed E-state index contributed by atoms with van der Waals surface area (Å²) in [6, 6.07) is 14.3. The maximum atomic E-state index is 12.6. The monoisotopic (exact) mass is 496 g/mol. The molecule has 1 N–H and O–H groups in total. The molecule has 0 unspecified atom stereocenters. The Morgan fingerprint density at radius 3 is 2.26 bits per heavy atom. The number of ether oxygens (including phenoxy) is 2. The van der Waals surface area contributed by atoms with Gasteiger partial charge in [-0.2, -0.15) is 0 Å². The number of hydrogen-bond acceptors (Lipinski definition) is 6. The molecule has 1 aromatic heterocycles. The number of rotatable bonds is 10. The van der Waals surface area contributed by atoms with Crippen molar-refractivity contribution in [3.63, 3.8) is 0 Å². The number of aryl methyl sites for hydroxylation is 1. The number of carbonyl (C=O) groups is 2. The van der Waals surface area contributed by atoms with E-state index in [1.807, 2.05) is 25.3 Å². The summed E-state index contributed by atoms with van der Waals surface area (Å²) in [6.07, 6.45) is 2.69. The number of anilines is 1.